The van der Waals surface area contributed by atoms with Gasteiger partial charge in [0.2, 0.25) is 5.91 Å². The maximum absolute atomic E-state index is 11.9. The first kappa shape index (κ1) is 18.9. The van der Waals surface area contributed by atoms with E-state index in [1.165, 1.54) is 0 Å². The number of nitrogens with two attached hydrogens (primary N) is 1. The highest BCUT2D eigenvalue weighted by atomic mass is 35.5. The van der Waals surface area contributed by atoms with E-state index >= 15 is 0 Å². The molecular formula is C13H21ClN2O3S. The quantitative estimate of drug-likeness (QED) is 0.815. The van der Waals surface area contributed by atoms with Gasteiger partial charge in [-0.2, -0.15) is 0 Å². The number of sulfone groups is 1. The van der Waals surface area contributed by atoms with Crippen LogP contribution in [-0.2, 0) is 14.6 Å². The van der Waals surface area contributed by atoms with Crippen molar-refractivity contribution >= 4 is 28.2 Å². The average Bonchev–Trinajstić information content (AvgIpc) is 2.36. The number of halogens is 1. The maximum Gasteiger partial charge on any atom is 0.224 e. The van der Waals surface area contributed by atoms with E-state index in [0.717, 1.165) is 11.8 Å². The lowest BCUT2D eigenvalue weighted by Gasteiger charge is -2.19. The summed E-state index contributed by atoms with van der Waals surface area (Å²) in [6.45, 7) is 1.84. The fraction of sp³-hybridized carbons (Fsp3) is 0.462. The van der Waals surface area contributed by atoms with Gasteiger partial charge in [-0.05, 0) is 5.56 Å². The molecule has 5 nitrogen and oxygen atoms in total. The summed E-state index contributed by atoms with van der Waals surface area (Å²) >= 11 is 0. The Balaban J connectivity index is 0.00000361. The van der Waals surface area contributed by atoms with E-state index < -0.39 is 21.8 Å². The molecule has 0 aliphatic heterocycles. The fourth-order valence-electron chi connectivity index (χ4n) is 1.65. The molecule has 0 aliphatic carbocycles. The molecule has 0 spiro atoms. The van der Waals surface area contributed by atoms with Gasteiger partial charge in [0.15, 0.2) is 0 Å². The number of carbonyl (C=O) groups is 1. The summed E-state index contributed by atoms with van der Waals surface area (Å²) < 4.78 is 21.9. The molecule has 1 aromatic rings. The minimum absolute atomic E-state index is 0. The average molecular weight is 321 g/mol. The van der Waals surface area contributed by atoms with Gasteiger partial charge in [-0.1, -0.05) is 37.3 Å². The zero-order chi connectivity index (χ0) is 14.5. The van der Waals surface area contributed by atoms with Crippen LogP contribution in [0, 0.1) is 5.92 Å². The van der Waals surface area contributed by atoms with Crippen LogP contribution < -0.4 is 11.1 Å². The van der Waals surface area contributed by atoms with Crippen LogP contribution in [0.1, 0.15) is 18.5 Å². The number of benzene rings is 1. The minimum Gasteiger partial charge on any atom is -0.355 e. The second kappa shape index (κ2) is 8.24. The SMILES string of the molecule is CC(C(=O)NCCS(C)(=O)=O)C(N)c1ccccc1.Cl. The highest BCUT2D eigenvalue weighted by Crippen LogP contribution is 2.18. The predicted molar refractivity (Wildman–Crippen MR) is 82.5 cm³/mol. The topological polar surface area (TPSA) is 89.3 Å². The zero-order valence-electron chi connectivity index (χ0n) is 11.6. The second-order valence-electron chi connectivity index (χ2n) is 4.65. The van der Waals surface area contributed by atoms with Gasteiger partial charge >= 0.3 is 0 Å². The summed E-state index contributed by atoms with van der Waals surface area (Å²) in [7, 11) is -3.06. The van der Waals surface area contributed by atoms with Gasteiger partial charge in [0.05, 0.1) is 11.7 Å². The first-order valence-electron chi connectivity index (χ1n) is 6.07. The van der Waals surface area contributed by atoms with E-state index in [-0.39, 0.29) is 30.6 Å². The van der Waals surface area contributed by atoms with E-state index in [1.807, 2.05) is 30.3 Å². The minimum atomic E-state index is -3.06. The van der Waals surface area contributed by atoms with Crippen molar-refractivity contribution < 1.29 is 13.2 Å². The Bertz CT molecular complexity index is 520. The molecule has 0 saturated carbocycles. The third kappa shape index (κ3) is 6.36. The summed E-state index contributed by atoms with van der Waals surface area (Å²) in [5, 5.41) is 2.59. The Morgan fingerprint density at radius 1 is 1.30 bits per heavy atom. The van der Waals surface area contributed by atoms with Crippen molar-refractivity contribution in [2.75, 3.05) is 18.6 Å². The van der Waals surface area contributed by atoms with Gasteiger partial charge in [-0.15, -0.1) is 12.4 Å². The molecule has 114 valence electrons. The second-order valence-corrected chi connectivity index (χ2v) is 6.91. The molecule has 0 bridgehead atoms. The summed E-state index contributed by atoms with van der Waals surface area (Å²) in [5.74, 6) is -0.714. The summed E-state index contributed by atoms with van der Waals surface area (Å²) in [5.41, 5.74) is 6.90. The molecule has 0 fully saturated rings. The number of amides is 1. The van der Waals surface area contributed by atoms with E-state index in [2.05, 4.69) is 5.32 Å². The molecule has 3 N–H and O–H groups in total. The molecule has 7 heteroatoms. The van der Waals surface area contributed by atoms with Crippen molar-refractivity contribution in [3.05, 3.63) is 35.9 Å². The van der Waals surface area contributed by atoms with Crippen molar-refractivity contribution in [2.45, 2.75) is 13.0 Å². The van der Waals surface area contributed by atoms with Gasteiger partial charge in [0, 0.05) is 18.8 Å². The normalized spacial score (nSPS) is 13.9. The van der Waals surface area contributed by atoms with Gasteiger partial charge in [0.25, 0.3) is 0 Å². The Morgan fingerprint density at radius 2 is 1.85 bits per heavy atom. The summed E-state index contributed by atoms with van der Waals surface area (Å²) in [6.07, 6.45) is 1.14. The number of hydrogen-bond donors (Lipinski definition) is 2. The van der Waals surface area contributed by atoms with E-state index in [0.29, 0.717) is 0 Å². The van der Waals surface area contributed by atoms with Crippen LogP contribution in [-0.4, -0.2) is 32.9 Å². The van der Waals surface area contributed by atoms with E-state index in [9.17, 15) is 13.2 Å². The Morgan fingerprint density at radius 3 is 2.35 bits per heavy atom. The van der Waals surface area contributed by atoms with Gasteiger partial charge in [-0.3, -0.25) is 4.79 Å². The lowest BCUT2D eigenvalue weighted by atomic mass is 9.95. The molecule has 1 rings (SSSR count). The molecule has 0 aliphatic rings. The fourth-order valence-corrected chi connectivity index (χ4v) is 2.12. The van der Waals surface area contributed by atoms with Crippen molar-refractivity contribution in [3.63, 3.8) is 0 Å². The van der Waals surface area contributed by atoms with Gasteiger partial charge < -0.3 is 11.1 Å². The summed E-state index contributed by atoms with van der Waals surface area (Å²) in [6, 6.07) is 8.94. The molecule has 0 heterocycles. The van der Waals surface area contributed by atoms with Crippen LogP contribution >= 0.6 is 12.4 Å². The van der Waals surface area contributed by atoms with Crippen LogP contribution in [0.2, 0.25) is 0 Å². The molecule has 2 unspecified atom stereocenters. The highest BCUT2D eigenvalue weighted by molar-refractivity contribution is 7.90. The largest absolute Gasteiger partial charge is 0.355 e. The molecule has 0 saturated heterocycles. The third-order valence-electron chi connectivity index (χ3n) is 2.91. The third-order valence-corrected chi connectivity index (χ3v) is 3.85. The van der Waals surface area contributed by atoms with Gasteiger partial charge in [-0.25, -0.2) is 8.42 Å². The van der Waals surface area contributed by atoms with Crippen LogP contribution in [0.5, 0.6) is 0 Å². The molecule has 0 radical (unpaired) electrons. The maximum atomic E-state index is 11.9. The van der Waals surface area contributed by atoms with E-state index in [4.69, 9.17) is 5.73 Å². The van der Waals surface area contributed by atoms with Crippen molar-refractivity contribution in [1.82, 2.24) is 5.32 Å². The molecule has 20 heavy (non-hydrogen) atoms. The van der Waals surface area contributed by atoms with Crippen LogP contribution in [0.3, 0.4) is 0 Å². The predicted octanol–water partition coefficient (Wildman–Crippen LogP) is 0.905. The van der Waals surface area contributed by atoms with Gasteiger partial charge in [0.1, 0.15) is 9.84 Å². The molecule has 1 amide bonds. The monoisotopic (exact) mass is 320 g/mol. The number of hydrogen-bond acceptors (Lipinski definition) is 4. The number of nitrogens with one attached hydrogen (secondary N) is 1. The first-order chi connectivity index (χ1) is 8.81. The van der Waals surface area contributed by atoms with Crippen molar-refractivity contribution in [2.24, 2.45) is 11.7 Å². The van der Waals surface area contributed by atoms with Crippen molar-refractivity contribution in [3.8, 4) is 0 Å². The molecule has 0 aromatic heterocycles. The summed E-state index contributed by atoms with van der Waals surface area (Å²) in [4.78, 5) is 11.9. The number of carbonyl (C=O) groups excluding carboxylic acids is 1. The number of rotatable bonds is 6. The van der Waals surface area contributed by atoms with Crippen molar-refractivity contribution in [1.29, 1.82) is 0 Å². The zero-order valence-corrected chi connectivity index (χ0v) is 13.2. The standard InChI is InChI=1S/C13H20N2O3S.ClH/c1-10(12(14)11-6-4-3-5-7-11)13(16)15-8-9-19(2,17)18;/h3-7,10,12H,8-9,14H2,1-2H3,(H,15,16);1H. The lowest BCUT2D eigenvalue weighted by Crippen LogP contribution is -2.37. The molecule has 1 aromatic carbocycles. The molecule has 2 atom stereocenters. The van der Waals surface area contributed by atoms with E-state index in [1.54, 1.807) is 6.92 Å². The Kier molecular flexibility index (Phi) is 7.78. The Labute approximate surface area is 126 Å². The van der Waals surface area contributed by atoms with Crippen LogP contribution in [0.4, 0.5) is 0 Å². The smallest absolute Gasteiger partial charge is 0.224 e. The highest BCUT2D eigenvalue weighted by Gasteiger charge is 2.21. The first-order valence-corrected chi connectivity index (χ1v) is 8.13. The Hall–Kier alpha value is -1.11. The van der Waals surface area contributed by atoms with Crippen LogP contribution in [0.25, 0.3) is 0 Å². The lowest BCUT2D eigenvalue weighted by molar-refractivity contribution is -0.125. The molecular weight excluding hydrogens is 300 g/mol. The van der Waals surface area contributed by atoms with Crippen LogP contribution in [0.15, 0.2) is 30.3 Å².